The molecule has 11 aromatic rings. The van der Waals surface area contributed by atoms with Gasteiger partial charge in [0, 0.05) is 56.7 Å². The van der Waals surface area contributed by atoms with E-state index in [1.165, 1.54) is 72.3 Å². The lowest BCUT2D eigenvalue weighted by Gasteiger charge is -2.37. The van der Waals surface area contributed by atoms with Crippen molar-refractivity contribution in [2.24, 2.45) is 0 Å². The summed E-state index contributed by atoms with van der Waals surface area (Å²) in [6, 6.07) is 80.9. The average Bonchev–Trinajstić information content (AvgIpc) is 1.53. The zero-order chi connectivity index (χ0) is 60.7. The van der Waals surface area contributed by atoms with Crippen LogP contribution in [0, 0.1) is 0 Å². The van der Waals surface area contributed by atoms with Gasteiger partial charge in [-0.25, -0.2) is 4.98 Å². The Morgan fingerprint density at radius 3 is 1.37 bits per heavy atom. The van der Waals surface area contributed by atoms with Gasteiger partial charge in [-0.15, -0.1) is 0 Å². The third-order valence-corrected chi connectivity index (χ3v) is 18.6. The molecule has 1 aliphatic rings. The largest absolute Gasteiger partial charge is 0.457 e. The topological polar surface area (TPSA) is 33.5 Å². The number of fused-ring (bicyclic) bond motifs is 4. The van der Waals surface area contributed by atoms with Gasteiger partial charge in [0.15, 0.2) is 0 Å². The molecule has 1 aliphatic heterocycles. The highest BCUT2D eigenvalue weighted by molar-refractivity contribution is 6.10. The Morgan fingerprint density at radius 2 is 0.837 bits per heavy atom. The van der Waals surface area contributed by atoms with Gasteiger partial charge >= 0.3 is 0 Å². The zero-order valence-electron chi connectivity index (χ0n) is 53.3. The van der Waals surface area contributed by atoms with Crippen LogP contribution in [-0.4, -0.2) is 16.2 Å². The first kappa shape index (κ1) is 57.7. The van der Waals surface area contributed by atoms with Gasteiger partial charge in [0.25, 0.3) is 0 Å². The Hall–Kier alpha value is -8.67. The van der Waals surface area contributed by atoms with E-state index < -0.39 is 0 Å². The molecule has 2 aromatic heterocycles. The van der Waals surface area contributed by atoms with Crippen LogP contribution in [0.15, 0.2) is 225 Å². The van der Waals surface area contributed by atoms with Gasteiger partial charge < -0.3 is 14.5 Å². The first-order valence-electron chi connectivity index (χ1n) is 30.8. The molecule has 0 saturated heterocycles. The minimum Gasteiger partial charge on any atom is -0.457 e. The summed E-state index contributed by atoms with van der Waals surface area (Å²) in [7, 11) is 0. The van der Waals surface area contributed by atoms with Crippen molar-refractivity contribution in [2.75, 3.05) is 16.5 Å². The van der Waals surface area contributed by atoms with Gasteiger partial charge in [0.05, 0.1) is 22.4 Å². The maximum absolute atomic E-state index is 7.32. The van der Waals surface area contributed by atoms with Gasteiger partial charge in [-0.2, -0.15) is 0 Å². The van der Waals surface area contributed by atoms with E-state index in [1.54, 1.807) is 0 Å². The van der Waals surface area contributed by atoms with E-state index in [0.29, 0.717) is 6.67 Å². The molecule has 0 radical (unpaired) electrons. The number of hydrogen-bond acceptors (Lipinski definition) is 4. The number of pyridine rings is 1. The van der Waals surface area contributed by atoms with Gasteiger partial charge in [0.1, 0.15) is 24.0 Å². The van der Waals surface area contributed by atoms with Crippen molar-refractivity contribution in [3.8, 4) is 28.4 Å². The van der Waals surface area contributed by atoms with E-state index >= 15 is 0 Å². The molecule has 0 spiro atoms. The molecule has 0 amide bonds. The van der Waals surface area contributed by atoms with Crippen LogP contribution in [0.3, 0.4) is 0 Å². The molecule has 0 aliphatic carbocycles. The number of benzene rings is 9. The molecule has 0 atom stereocenters. The fourth-order valence-electron chi connectivity index (χ4n) is 12.9. The van der Waals surface area contributed by atoms with Crippen molar-refractivity contribution in [3.05, 3.63) is 275 Å². The summed E-state index contributed by atoms with van der Waals surface area (Å²) in [5.74, 6) is 2.41. The van der Waals surface area contributed by atoms with Crippen LogP contribution >= 0.6 is 0 Å². The number of hydrogen-bond donors (Lipinski definition) is 0. The highest BCUT2D eigenvalue weighted by Crippen LogP contribution is 2.53. The minimum absolute atomic E-state index is 0.0333. The maximum Gasteiger partial charge on any atom is 0.137 e. The lowest BCUT2D eigenvalue weighted by atomic mass is 9.68. The molecule has 0 fully saturated rings. The summed E-state index contributed by atoms with van der Waals surface area (Å²) in [5, 5.41) is 2.35. The van der Waals surface area contributed by atoms with Crippen LogP contribution in [-0.2, 0) is 32.5 Å². The molecule has 3 heterocycles. The Balaban J connectivity index is 1.05. The van der Waals surface area contributed by atoms with E-state index in [2.05, 4.69) is 337 Å². The molecule has 5 nitrogen and oxygen atoms in total. The van der Waals surface area contributed by atoms with Gasteiger partial charge in [-0.3, -0.25) is 4.57 Å². The quantitative estimate of drug-likeness (QED) is 0.122. The summed E-state index contributed by atoms with van der Waals surface area (Å²) in [6.07, 6.45) is 1.97. The number of anilines is 4. The van der Waals surface area contributed by atoms with E-state index in [9.17, 15) is 0 Å². The molecule has 12 rings (SSSR count). The third-order valence-electron chi connectivity index (χ3n) is 18.6. The van der Waals surface area contributed by atoms with E-state index in [-0.39, 0.29) is 32.5 Å². The normalized spacial score (nSPS) is 13.4. The predicted molar refractivity (Wildman–Crippen MR) is 364 cm³/mol. The molecular formula is C81H84N4O. The molecule has 0 bridgehead atoms. The average molecular weight is 1130 g/mol. The van der Waals surface area contributed by atoms with E-state index in [4.69, 9.17) is 9.72 Å². The Labute approximate surface area is 512 Å². The summed E-state index contributed by atoms with van der Waals surface area (Å²) in [6.45, 7) is 35.5. The Kier molecular flexibility index (Phi) is 14.4. The molecule has 5 heteroatoms. The van der Waals surface area contributed by atoms with Crippen LogP contribution in [0.1, 0.15) is 154 Å². The number of rotatable bonds is 12. The van der Waals surface area contributed by atoms with Crippen molar-refractivity contribution in [3.63, 3.8) is 0 Å². The summed E-state index contributed by atoms with van der Waals surface area (Å²) >= 11 is 0. The second-order valence-corrected chi connectivity index (χ2v) is 28.7. The second-order valence-electron chi connectivity index (χ2n) is 28.7. The summed E-state index contributed by atoms with van der Waals surface area (Å²) < 4.78 is 9.65. The van der Waals surface area contributed by atoms with Crippen LogP contribution in [0.2, 0.25) is 0 Å². The molecule has 0 N–H and O–H groups in total. The Bertz CT molecular complexity index is 4300. The second kappa shape index (κ2) is 21.4. The lowest BCUT2D eigenvalue weighted by molar-refractivity contribution is 0.479. The number of aromatic nitrogens is 2. The molecule has 86 heavy (non-hydrogen) atoms. The monoisotopic (exact) mass is 1130 g/mol. The van der Waals surface area contributed by atoms with E-state index in [1.807, 2.05) is 6.20 Å². The predicted octanol–water partition coefficient (Wildman–Crippen LogP) is 21.8. The summed E-state index contributed by atoms with van der Waals surface area (Å²) in [4.78, 5) is 10.2. The van der Waals surface area contributed by atoms with Gasteiger partial charge in [0.2, 0.25) is 0 Å². The standard InChI is InChI=1S/C81H84N4O/c1-76(2,3)59-36-39-71-68(47-59)67-38-37-65(50-72(67)85(71)75-48-60(40-41-82-75)79(10,11)56-30-22-17-23-31-56)86-66-46-62(78(7,8)9)45-64(49-66)84-53-83(63-43-55(54-28-20-16-21-29-54)42-61(44-63)77(4,5)6)73-51-69(80(12,13)57-32-24-18-25-33-57)70(52-74(73)84)81(14,15)58-34-26-19-27-35-58/h16-52H,53H2,1-15H3. The van der Waals surface area contributed by atoms with Crippen molar-refractivity contribution >= 4 is 44.6 Å². The van der Waals surface area contributed by atoms with Gasteiger partial charge in [-0.05, 0) is 150 Å². The lowest BCUT2D eigenvalue weighted by Crippen LogP contribution is -2.28. The van der Waals surface area contributed by atoms with Crippen molar-refractivity contribution in [1.29, 1.82) is 0 Å². The number of nitrogens with zero attached hydrogens (tertiary/aromatic N) is 4. The van der Waals surface area contributed by atoms with Crippen molar-refractivity contribution in [1.82, 2.24) is 9.55 Å². The van der Waals surface area contributed by atoms with Crippen molar-refractivity contribution in [2.45, 2.75) is 136 Å². The first-order valence-corrected chi connectivity index (χ1v) is 30.8. The first-order chi connectivity index (χ1) is 40.8. The van der Waals surface area contributed by atoms with Crippen LogP contribution < -0.4 is 14.5 Å². The molecule has 0 unspecified atom stereocenters. The summed E-state index contributed by atoms with van der Waals surface area (Å²) in [5.41, 5.74) is 19.1. The van der Waals surface area contributed by atoms with Crippen molar-refractivity contribution < 1.29 is 4.74 Å². The fraction of sp³-hybridized carbons (Fsp3) is 0.272. The number of ether oxygens (including phenoxy) is 1. The van der Waals surface area contributed by atoms with Crippen LogP contribution in [0.5, 0.6) is 11.5 Å². The molecule has 0 saturated carbocycles. The molecule has 434 valence electrons. The third kappa shape index (κ3) is 10.7. The van der Waals surface area contributed by atoms with Crippen LogP contribution in [0.25, 0.3) is 38.8 Å². The van der Waals surface area contributed by atoms with Crippen LogP contribution in [0.4, 0.5) is 22.7 Å². The zero-order valence-corrected chi connectivity index (χ0v) is 53.3. The maximum atomic E-state index is 7.32. The Morgan fingerprint density at radius 1 is 0.337 bits per heavy atom. The molecule has 9 aromatic carbocycles. The van der Waals surface area contributed by atoms with E-state index in [0.717, 1.165) is 50.8 Å². The highest BCUT2D eigenvalue weighted by atomic mass is 16.5. The SMILES string of the molecule is CC(C)(C)c1cc(Oc2ccc3c4cc(C(C)(C)C)ccc4n(-c4cc(C(C)(C)c5ccccc5)ccn4)c3c2)cc(N2CN(c3cc(-c4ccccc4)cc(C(C)(C)C)c3)c3cc(C(C)(C)c4ccccc4)c(C(C)(C)c4ccccc4)cc32)c1. The highest BCUT2D eigenvalue weighted by Gasteiger charge is 2.39. The smallest absolute Gasteiger partial charge is 0.137 e. The minimum atomic E-state index is -0.366. The fourth-order valence-corrected chi connectivity index (χ4v) is 12.9. The van der Waals surface area contributed by atoms with Gasteiger partial charge in [-0.1, -0.05) is 237 Å². The molecular weight excluding hydrogens is 1040 g/mol.